The largest absolute Gasteiger partial charge is 0.370 e. The standard InChI is InChI=1S/C11H20N6/c1-5-6-17-8-9(15-16-17)7-13-10(12)14-11(2,3)4/h5,8H,1,6-7H2,2-4H3,(H3,12,13,14). The third-order valence-corrected chi connectivity index (χ3v) is 1.82. The molecule has 1 rings (SSSR count). The van der Waals surface area contributed by atoms with Crippen molar-refractivity contribution in [3.63, 3.8) is 0 Å². The van der Waals surface area contributed by atoms with Crippen molar-refractivity contribution in [2.24, 2.45) is 10.7 Å². The Morgan fingerprint density at radius 1 is 1.65 bits per heavy atom. The van der Waals surface area contributed by atoms with Crippen molar-refractivity contribution in [3.8, 4) is 0 Å². The Morgan fingerprint density at radius 3 is 2.94 bits per heavy atom. The van der Waals surface area contributed by atoms with Crippen LogP contribution in [0.15, 0.2) is 23.8 Å². The van der Waals surface area contributed by atoms with Crippen molar-refractivity contribution in [2.45, 2.75) is 39.4 Å². The average molecular weight is 236 g/mol. The first kappa shape index (κ1) is 13.2. The maximum Gasteiger partial charge on any atom is 0.189 e. The summed E-state index contributed by atoms with van der Waals surface area (Å²) >= 11 is 0. The first-order valence-electron chi connectivity index (χ1n) is 5.49. The van der Waals surface area contributed by atoms with Crippen LogP contribution in [0.5, 0.6) is 0 Å². The molecule has 0 saturated carbocycles. The molecular formula is C11H20N6. The van der Waals surface area contributed by atoms with Crippen LogP contribution in [0.3, 0.4) is 0 Å². The van der Waals surface area contributed by atoms with Crippen molar-refractivity contribution in [2.75, 3.05) is 0 Å². The summed E-state index contributed by atoms with van der Waals surface area (Å²) in [5, 5.41) is 11.0. The van der Waals surface area contributed by atoms with Crippen LogP contribution in [-0.2, 0) is 13.1 Å². The second-order valence-electron chi connectivity index (χ2n) is 4.80. The predicted octanol–water partition coefficient (Wildman–Crippen LogP) is 0.667. The lowest BCUT2D eigenvalue weighted by Gasteiger charge is -2.20. The van der Waals surface area contributed by atoms with E-state index in [1.807, 2.05) is 27.0 Å². The average Bonchev–Trinajstić information content (AvgIpc) is 2.61. The van der Waals surface area contributed by atoms with Gasteiger partial charge in [-0.2, -0.15) is 0 Å². The van der Waals surface area contributed by atoms with Crippen molar-refractivity contribution < 1.29 is 0 Å². The summed E-state index contributed by atoms with van der Waals surface area (Å²) in [7, 11) is 0. The molecule has 0 radical (unpaired) electrons. The molecule has 0 saturated heterocycles. The number of nitrogens with zero attached hydrogens (tertiary/aromatic N) is 4. The van der Waals surface area contributed by atoms with Gasteiger partial charge in [-0.3, -0.25) is 0 Å². The normalized spacial score (nSPS) is 12.5. The van der Waals surface area contributed by atoms with Gasteiger partial charge in [-0.25, -0.2) is 9.67 Å². The Kier molecular flexibility index (Phi) is 4.25. The first-order chi connectivity index (χ1) is 7.90. The van der Waals surface area contributed by atoms with Gasteiger partial charge in [0.15, 0.2) is 5.96 Å². The number of guanidine groups is 1. The monoisotopic (exact) mass is 236 g/mol. The maximum absolute atomic E-state index is 5.74. The van der Waals surface area contributed by atoms with Crippen LogP contribution in [-0.4, -0.2) is 26.5 Å². The lowest BCUT2D eigenvalue weighted by Crippen LogP contribution is -2.44. The van der Waals surface area contributed by atoms with Crippen LogP contribution in [0.25, 0.3) is 0 Å². The van der Waals surface area contributed by atoms with Crippen LogP contribution >= 0.6 is 0 Å². The molecule has 0 unspecified atom stereocenters. The lowest BCUT2D eigenvalue weighted by atomic mass is 10.1. The van der Waals surface area contributed by atoms with Crippen LogP contribution in [0.4, 0.5) is 0 Å². The number of allylic oxidation sites excluding steroid dienone is 1. The van der Waals surface area contributed by atoms with E-state index in [1.165, 1.54) is 0 Å². The number of hydrogen-bond acceptors (Lipinski definition) is 3. The fraction of sp³-hybridized carbons (Fsp3) is 0.545. The summed E-state index contributed by atoms with van der Waals surface area (Å²) in [4.78, 5) is 4.19. The fourth-order valence-corrected chi connectivity index (χ4v) is 1.22. The summed E-state index contributed by atoms with van der Waals surface area (Å²) in [5.41, 5.74) is 6.43. The van der Waals surface area contributed by atoms with Gasteiger partial charge >= 0.3 is 0 Å². The SMILES string of the molecule is C=CCn1cc(CN=C(N)NC(C)(C)C)nn1. The third-order valence-electron chi connectivity index (χ3n) is 1.82. The maximum atomic E-state index is 5.74. The quantitative estimate of drug-likeness (QED) is 0.457. The summed E-state index contributed by atoms with van der Waals surface area (Å²) in [6.45, 7) is 10.8. The molecule has 0 amide bonds. The molecule has 1 heterocycles. The number of nitrogens with one attached hydrogen (secondary N) is 1. The van der Waals surface area contributed by atoms with E-state index in [2.05, 4.69) is 27.2 Å². The Balaban J connectivity index is 2.53. The zero-order valence-electron chi connectivity index (χ0n) is 10.6. The highest BCUT2D eigenvalue weighted by atomic mass is 15.4. The zero-order chi connectivity index (χ0) is 12.9. The van der Waals surface area contributed by atoms with Gasteiger partial charge in [0.25, 0.3) is 0 Å². The minimum Gasteiger partial charge on any atom is -0.370 e. The molecule has 1 aromatic rings. The lowest BCUT2D eigenvalue weighted by molar-refractivity contribution is 0.508. The Hall–Kier alpha value is -1.85. The number of rotatable bonds is 4. The van der Waals surface area contributed by atoms with E-state index < -0.39 is 0 Å². The zero-order valence-corrected chi connectivity index (χ0v) is 10.6. The van der Waals surface area contributed by atoms with Gasteiger partial charge in [-0.1, -0.05) is 11.3 Å². The van der Waals surface area contributed by atoms with Gasteiger partial charge in [0.05, 0.1) is 19.3 Å². The Labute approximate surface area is 102 Å². The summed E-state index contributed by atoms with van der Waals surface area (Å²) < 4.78 is 1.70. The molecule has 1 aromatic heterocycles. The predicted molar refractivity (Wildman–Crippen MR) is 68.4 cm³/mol. The second-order valence-corrected chi connectivity index (χ2v) is 4.80. The summed E-state index contributed by atoms with van der Waals surface area (Å²) in [6.07, 6.45) is 3.59. The molecule has 0 aliphatic carbocycles. The summed E-state index contributed by atoms with van der Waals surface area (Å²) in [5.74, 6) is 0.413. The van der Waals surface area contributed by atoms with Crippen molar-refractivity contribution in [1.29, 1.82) is 0 Å². The second kappa shape index (κ2) is 5.47. The molecule has 0 aliphatic heterocycles. The first-order valence-corrected chi connectivity index (χ1v) is 5.49. The molecule has 0 bridgehead atoms. The van der Waals surface area contributed by atoms with E-state index >= 15 is 0 Å². The van der Waals surface area contributed by atoms with Gasteiger partial charge in [0.2, 0.25) is 0 Å². The van der Waals surface area contributed by atoms with E-state index in [1.54, 1.807) is 10.8 Å². The molecule has 6 nitrogen and oxygen atoms in total. The highest BCUT2D eigenvalue weighted by molar-refractivity contribution is 5.78. The highest BCUT2D eigenvalue weighted by Gasteiger charge is 2.09. The van der Waals surface area contributed by atoms with Crippen molar-refractivity contribution >= 4 is 5.96 Å². The Morgan fingerprint density at radius 2 is 2.35 bits per heavy atom. The molecule has 0 atom stereocenters. The smallest absolute Gasteiger partial charge is 0.189 e. The minimum atomic E-state index is -0.0893. The Bertz CT molecular complexity index is 398. The van der Waals surface area contributed by atoms with E-state index in [0.29, 0.717) is 19.0 Å². The van der Waals surface area contributed by atoms with Gasteiger partial charge in [-0.15, -0.1) is 11.7 Å². The number of hydrogen-bond donors (Lipinski definition) is 2. The molecule has 94 valence electrons. The molecular weight excluding hydrogens is 216 g/mol. The van der Waals surface area contributed by atoms with Gasteiger partial charge in [0, 0.05) is 5.54 Å². The van der Waals surface area contributed by atoms with Gasteiger partial charge in [-0.05, 0) is 20.8 Å². The molecule has 3 N–H and O–H groups in total. The molecule has 0 spiro atoms. The molecule has 0 fully saturated rings. The van der Waals surface area contributed by atoms with Crippen LogP contribution in [0.2, 0.25) is 0 Å². The van der Waals surface area contributed by atoms with Gasteiger partial charge in [0.1, 0.15) is 5.69 Å². The molecule has 17 heavy (non-hydrogen) atoms. The highest BCUT2D eigenvalue weighted by Crippen LogP contribution is 1.99. The molecule has 0 aliphatic rings. The molecule has 6 heteroatoms. The topological polar surface area (TPSA) is 81.1 Å². The summed E-state index contributed by atoms with van der Waals surface area (Å²) in [6, 6.07) is 0. The molecule has 0 aromatic carbocycles. The van der Waals surface area contributed by atoms with Crippen molar-refractivity contribution in [3.05, 3.63) is 24.5 Å². The van der Waals surface area contributed by atoms with Crippen molar-refractivity contribution in [1.82, 2.24) is 20.3 Å². The number of aliphatic imine (C=N–C) groups is 1. The van der Waals surface area contributed by atoms with Crippen LogP contribution in [0, 0.1) is 0 Å². The van der Waals surface area contributed by atoms with E-state index in [0.717, 1.165) is 5.69 Å². The van der Waals surface area contributed by atoms with E-state index in [-0.39, 0.29) is 5.54 Å². The van der Waals surface area contributed by atoms with Gasteiger partial charge < -0.3 is 11.1 Å². The minimum absolute atomic E-state index is 0.0893. The number of aromatic nitrogens is 3. The van der Waals surface area contributed by atoms with Crippen LogP contribution in [0.1, 0.15) is 26.5 Å². The van der Waals surface area contributed by atoms with E-state index in [4.69, 9.17) is 5.73 Å². The van der Waals surface area contributed by atoms with E-state index in [9.17, 15) is 0 Å². The fourth-order valence-electron chi connectivity index (χ4n) is 1.22. The number of nitrogens with two attached hydrogens (primary N) is 1. The third kappa shape index (κ3) is 5.14. The van der Waals surface area contributed by atoms with Crippen LogP contribution < -0.4 is 11.1 Å².